The maximum atomic E-state index is 13.2. The Kier molecular flexibility index (Phi) is 6.35. The van der Waals surface area contributed by atoms with E-state index in [1.54, 1.807) is 0 Å². The number of hydrogen-bond acceptors (Lipinski definition) is 5. The fourth-order valence-electron chi connectivity index (χ4n) is 4.65. The minimum Gasteiger partial charge on any atom is -0.489 e. The van der Waals surface area contributed by atoms with Crippen LogP contribution in [0.3, 0.4) is 0 Å². The van der Waals surface area contributed by atoms with Crippen LogP contribution >= 0.6 is 11.6 Å². The standard InChI is InChI=1S/C27H28ClNO4/c1-16-23(26(31)32-4)24(25-21(29-16)13-27(2,3)14-22(25)30)18-7-11-20(12-8-18)33-15-17-5-9-19(28)10-6-17/h5-12,24,29H,13-15H2,1-4H3. The van der Waals surface area contributed by atoms with Crippen LogP contribution < -0.4 is 10.1 Å². The van der Waals surface area contributed by atoms with Gasteiger partial charge in [-0.15, -0.1) is 0 Å². The van der Waals surface area contributed by atoms with Gasteiger partial charge in [-0.05, 0) is 54.2 Å². The number of methoxy groups -OCH3 is 1. The number of carbonyl (C=O) groups is 2. The minimum absolute atomic E-state index is 0.0655. The second-order valence-electron chi connectivity index (χ2n) is 9.41. The molecule has 0 fully saturated rings. The van der Waals surface area contributed by atoms with Gasteiger partial charge in [0.05, 0.1) is 12.7 Å². The van der Waals surface area contributed by atoms with Crippen LogP contribution in [0.1, 0.15) is 50.7 Å². The van der Waals surface area contributed by atoms with Gasteiger partial charge >= 0.3 is 5.97 Å². The van der Waals surface area contributed by atoms with Gasteiger partial charge in [0.15, 0.2) is 5.78 Å². The van der Waals surface area contributed by atoms with Crippen molar-refractivity contribution in [3.8, 4) is 5.75 Å². The van der Waals surface area contributed by atoms with E-state index >= 15 is 0 Å². The molecule has 0 saturated carbocycles. The van der Waals surface area contributed by atoms with Gasteiger partial charge < -0.3 is 14.8 Å². The van der Waals surface area contributed by atoms with E-state index in [1.165, 1.54) is 7.11 Å². The highest BCUT2D eigenvalue weighted by atomic mass is 35.5. The first-order valence-electron chi connectivity index (χ1n) is 11.0. The summed E-state index contributed by atoms with van der Waals surface area (Å²) in [4.78, 5) is 26.0. The second kappa shape index (κ2) is 9.06. The monoisotopic (exact) mass is 465 g/mol. The predicted octanol–water partition coefficient (Wildman–Crippen LogP) is 5.70. The Bertz CT molecular complexity index is 1140. The first-order chi connectivity index (χ1) is 15.7. The molecule has 0 radical (unpaired) electrons. The average Bonchev–Trinajstić information content (AvgIpc) is 2.77. The van der Waals surface area contributed by atoms with Crippen LogP contribution in [-0.2, 0) is 20.9 Å². The Morgan fingerprint density at radius 2 is 1.76 bits per heavy atom. The predicted molar refractivity (Wildman–Crippen MR) is 128 cm³/mol. The lowest BCUT2D eigenvalue weighted by Gasteiger charge is -2.39. The van der Waals surface area contributed by atoms with E-state index in [1.807, 2.05) is 55.5 Å². The van der Waals surface area contributed by atoms with Crippen molar-refractivity contribution in [1.82, 2.24) is 5.32 Å². The number of allylic oxidation sites excluding steroid dienone is 3. The third-order valence-corrected chi connectivity index (χ3v) is 6.43. The molecule has 0 saturated heterocycles. The summed E-state index contributed by atoms with van der Waals surface area (Å²) in [5, 5.41) is 4.01. The molecule has 4 rings (SSSR count). The van der Waals surface area contributed by atoms with E-state index in [0.717, 1.165) is 28.9 Å². The van der Waals surface area contributed by atoms with Crippen molar-refractivity contribution in [3.05, 3.63) is 87.2 Å². The molecule has 0 spiro atoms. The van der Waals surface area contributed by atoms with Crippen LogP contribution in [0.25, 0.3) is 0 Å². The molecule has 172 valence electrons. The van der Waals surface area contributed by atoms with E-state index < -0.39 is 11.9 Å². The summed E-state index contributed by atoms with van der Waals surface area (Å²) in [6.45, 7) is 6.46. The van der Waals surface area contributed by atoms with Crippen LogP contribution in [0.4, 0.5) is 0 Å². The Balaban J connectivity index is 1.65. The number of dihydropyridines is 1. The highest BCUT2D eigenvalue weighted by Crippen LogP contribution is 2.46. The molecule has 0 bridgehead atoms. The Labute approximate surface area is 199 Å². The van der Waals surface area contributed by atoms with Crippen molar-refractivity contribution in [3.63, 3.8) is 0 Å². The topological polar surface area (TPSA) is 64.6 Å². The quantitative estimate of drug-likeness (QED) is 0.574. The summed E-state index contributed by atoms with van der Waals surface area (Å²) in [5.74, 6) is -0.135. The molecule has 33 heavy (non-hydrogen) atoms. The third-order valence-electron chi connectivity index (χ3n) is 6.18. The maximum Gasteiger partial charge on any atom is 0.336 e. The molecule has 1 unspecified atom stereocenters. The van der Waals surface area contributed by atoms with E-state index in [2.05, 4.69) is 19.2 Å². The number of ether oxygens (including phenoxy) is 2. The molecule has 2 aromatic carbocycles. The lowest BCUT2D eigenvalue weighted by Crippen LogP contribution is -2.38. The molecule has 0 aromatic heterocycles. The number of nitrogens with one attached hydrogen (secondary N) is 1. The van der Waals surface area contributed by atoms with Crippen molar-refractivity contribution in [2.45, 2.75) is 46.1 Å². The number of Topliss-reactive ketones (excluding diaryl/α,β-unsaturated/α-hetero) is 1. The summed E-state index contributed by atoms with van der Waals surface area (Å²) in [6, 6.07) is 15.1. The normalized spacial score (nSPS) is 19.7. The summed E-state index contributed by atoms with van der Waals surface area (Å²) in [6.07, 6.45) is 1.19. The number of esters is 1. The number of halogens is 1. The summed E-state index contributed by atoms with van der Waals surface area (Å²) in [5.41, 5.74) is 4.49. The summed E-state index contributed by atoms with van der Waals surface area (Å²) < 4.78 is 11.0. The first-order valence-corrected chi connectivity index (χ1v) is 11.4. The molecule has 1 atom stereocenters. The van der Waals surface area contributed by atoms with Crippen LogP contribution in [-0.4, -0.2) is 18.9 Å². The van der Waals surface area contributed by atoms with Gasteiger partial charge in [0.25, 0.3) is 0 Å². The smallest absolute Gasteiger partial charge is 0.336 e. The van der Waals surface area contributed by atoms with Gasteiger partial charge in [0.2, 0.25) is 0 Å². The molecular weight excluding hydrogens is 438 g/mol. The molecule has 1 heterocycles. The summed E-state index contributed by atoms with van der Waals surface area (Å²) >= 11 is 5.94. The molecule has 2 aromatic rings. The third kappa shape index (κ3) is 4.83. The number of rotatable bonds is 5. The van der Waals surface area contributed by atoms with Crippen molar-refractivity contribution >= 4 is 23.4 Å². The molecule has 1 aliphatic heterocycles. The fourth-order valence-corrected chi connectivity index (χ4v) is 4.78. The van der Waals surface area contributed by atoms with E-state index in [9.17, 15) is 9.59 Å². The van der Waals surface area contributed by atoms with Crippen molar-refractivity contribution in [1.29, 1.82) is 0 Å². The van der Waals surface area contributed by atoms with Crippen molar-refractivity contribution in [2.75, 3.05) is 7.11 Å². The van der Waals surface area contributed by atoms with Crippen LogP contribution in [0.5, 0.6) is 5.75 Å². The van der Waals surface area contributed by atoms with E-state index in [-0.39, 0.29) is 11.2 Å². The van der Waals surface area contributed by atoms with Gasteiger partial charge in [-0.3, -0.25) is 4.79 Å². The molecule has 0 amide bonds. The lowest BCUT2D eigenvalue weighted by atomic mass is 9.68. The average molecular weight is 466 g/mol. The van der Waals surface area contributed by atoms with E-state index in [0.29, 0.717) is 34.9 Å². The number of hydrogen-bond donors (Lipinski definition) is 1. The molecule has 1 N–H and O–H groups in total. The fraction of sp³-hybridized carbons (Fsp3) is 0.333. The Morgan fingerprint density at radius 1 is 1.09 bits per heavy atom. The zero-order valence-corrected chi connectivity index (χ0v) is 20.1. The van der Waals surface area contributed by atoms with Gasteiger partial charge in [-0.2, -0.15) is 0 Å². The van der Waals surface area contributed by atoms with Gasteiger partial charge in [0, 0.05) is 34.3 Å². The van der Waals surface area contributed by atoms with E-state index in [4.69, 9.17) is 21.1 Å². The van der Waals surface area contributed by atoms with Crippen LogP contribution in [0.15, 0.2) is 71.1 Å². The minimum atomic E-state index is -0.470. The maximum absolute atomic E-state index is 13.2. The largest absolute Gasteiger partial charge is 0.489 e. The lowest BCUT2D eigenvalue weighted by molar-refractivity contribution is -0.136. The molecule has 6 heteroatoms. The Morgan fingerprint density at radius 3 is 2.39 bits per heavy atom. The van der Waals surface area contributed by atoms with Crippen LogP contribution in [0.2, 0.25) is 5.02 Å². The molecular formula is C27H28ClNO4. The number of benzene rings is 2. The number of carbonyl (C=O) groups excluding carboxylic acids is 2. The van der Waals surface area contributed by atoms with Gasteiger partial charge in [-0.25, -0.2) is 4.79 Å². The second-order valence-corrected chi connectivity index (χ2v) is 9.84. The van der Waals surface area contributed by atoms with Crippen LogP contribution in [0, 0.1) is 5.41 Å². The number of ketones is 1. The SMILES string of the molecule is COC(=O)C1=C(C)NC2=C(C(=O)CC(C)(C)C2)C1c1ccc(OCc2ccc(Cl)cc2)cc1. The van der Waals surface area contributed by atoms with Crippen molar-refractivity contribution in [2.24, 2.45) is 5.41 Å². The highest BCUT2D eigenvalue weighted by Gasteiger charge is 2.42. The molecule has 1 aliphatic carbocycles. The molecule has 5 nitrogen and oxygen atoms in total. The zero-order chi connectivity index (χ0) is 23.8. The van der Waals surface area contributed by atoms with Crippen molar-refractivity contribution < 1.29 is 19.1 Å². The summed E-state index contributed by atoms with van der Waals surface area (Å²) in [7, 11) is 1.36. The van der Waals surface area contributed by atoms with Gasteiger partial charge in [-0.1, -0.05) is 49.7 Å². The Hall–Kier alpha value is -3.05. The molecule has 2 aliphatic rings. The zero-order valence-electron chi connectivity index (χ0n) is 19.3. The highest BCUT2D eigenvalue weighted by molar-refractivity contribution is 6.30. The first kappa shape index (κ1) is 23.1. The van der Waals surface area contributed by atoms with Gasteiger partial charge in [0.1, 0.15) is 12.4 Å².